The number of benzene rings is 2. The predicted octanol–water partition coefficient (Wildman–Crippen LogP) is 3.37. The summed E-state index contributed by atoms with van der Waals surface area (Å²) in [5.74, 6) is 0.772. The Balaban J connectivity index is 1.71. The van der Waals surface area contributed by atoms with Crippen molar-refractivity contribution >= 4 is 17.6 Å². The van der Waals surface area contributed by atoms with Gasteiger partial charge in [-0.3, -0.25) is 10.1 Å². The lowest BCUT2D eigenvalue weighted by Crippen LogP contribution is -2.15. The molecule has 0 unspecified atom stereocenters. The van der Waals surface area contributed by atoms with E-state index >= 15 is 0 Å². The second kappa shape index (κ2) is 6.39. The fraction of sp³-hybridized carbons (Fsp3) is 0.176. The van der Waals surface area contributed by atoms with Crippen molar-refractivity contribution in [2.24, 2.45) is 0 Å². The minimum Gasteiger partial charge on any atom is -0.454 e. The Morgan fingerprint density at radius 3 is 2.52 bits per heavy atom. The summed E-state index contributed by atoms with van der Waals surface area (Å²) < 4.78 is 15.6. The lowest BCUT2D eigenvalue weighted by molar-refractivity contribution is 0.101. The highest BCUT2D eigenvalue weighted by atomic mass is 16.7. The summed E-state index contributed by atoms with van der Waals surface area (Å²) in [5, 5.41) is 2.57. The maximum absolute atomic E-state index is 11.9. The molecule has 0 atom stereocenters. The van der Waals surface area contributed by atoms with Crippen molar-refractivity contribution in [1.29, 1.82) is 0 Å². The zero-order valence-corrected chi connectivity index (χ0v) is 12.5. The number of rotatable bonds is 4. The van der Waals surface area contributed by atoms with Crippen LogP contribution >= 0.6 is 0 Å². The van der Waals surface area contributed by atoms with Crippen LogP contribution in [0.15, 0.2) is 42.5 Å². The summed E-state index contributed by atoms with van der Waals surface area (Å²) >= 11 is 0. The number of hydrogen-bond acceptors (Lipinski definition) is 5. The SMILES string of the molecule is CC(=O)c1cc2c(cc1NC(=O)OCc1ccccc1)OCO2. The van der Waals surface area contributed by atoms with Gasteiger partial charge in [-0.2, -0.15) is 0 Å². The molecule has 6 nitrogen and oxygen atoms in total. The Morgan fingerprint density at radius 2 is 1.83 bits per heavy atom. The van der Waals surface area contributed by atoms with E-state index in [1.165, 1.54) is 6.92 Å². The Hall–Kier alpha value is -3.02. The van der Waals surface area contributed by atoms with E-state index in [9.17, 15) is 9.59 Å². The second-order valence-electron chi connectivity index (χ2n) is 4.99. The number of hydrogen-bond donors (Lipinski definition) is 1. The molecule has 0 saturated heterocycles. The Kier molecular flexibility index (Phi) is 4.14. The second-order valence-corrected chi connectivity index (χ2v) is 4.99. The fourth-order valence-corrected chi connectivity index (χ4v) is 2.21. The molecule has 0 aliphatic carbocycles. The molecule has 1 heterocycles. The van der Waals surface area contributed by atoms with E-state index in [4.69, 9.17) is 14.2 Å². The first-order valence-electron chi connectivity index (χ1n) is 7.06. The topological polar surface area (TPSA) is 73.9 Å². The number of carbonyl (C=O) groups is 2. The van der Waals surface area contributed by atoms with Crippen LogP contribution in [0.4, 0.5) is 10.5 Å². The van der Waals surface area contributed by atoms with Gasteiger partial charge in [0.2, 0.25) is 6.79 Å². The smallest absolute Gasteiger partial charge is 0.411 e. The van der Waals surface area contributed by atoms with Gasteiger partial charge in [0.15, 0.2) is 17.3 Å². The number of ketones is 1. The summed E-state index contributed by atoms with van der Waals surface area (Å²) in [4.78, 5) is 23.7. The zero-order valence-electron chi connectivity index (χ0n) is 12.5. The molecule has 118 valence electrons. The Morgan fingerprint density at radius 1 is 1.13 bits per heavy atom. The molecule has 0 aromatic heterocycles. The normalized spacial score (nSPS) is 11.9. The minimum absolute atomic E-state index is 0.0919. The summed E-state index contributed by atoms with van der Waals surface area (Å²) in [6, 6.07) is 12.4. The lowest BCUT2D eigenvalue weighted by atomic mass is 10.1. The third kappa shape index (κ3) is 3.42. The molecule has 23 heavy (non-hydrogen) atoms. The van der Waals surface area contributed by atoms with Crippen LogP contribution in [0.2, 0.25) is 0 Å². The number of ether oxygens (including phenoxy) is 3. The van der Waals surface area contributed by atoms with Gasteiger partial charge in [-0.15, -0.1) is 0 Å². The quantitative estimate of drug-likeness (QED) is 0.876. The molecule has 0 fully saturated rings. The average molecular weight is 313 g/mol. The minimum atomic E-state index is -0.643. The van der Waals surface area contributed by atoms with Crippen molar-refractivity contribution in [1.82, 2.24) is 0 Å². The maximum atomic E-state index is 11.9. The van der Waals surface area contributed by atoms with Crippen LogP contribution in [-0.4, -0.2) is 18.7 Å². The van der Waals surface area contributed by atoms with Crippen LogP contribution in [0.25, 0.3) is 0 Å². The maximum Gasteiger partial charge on any atom is 0.411 e. The Labute approximate surface area is 133 Å². The van der Waals surface area contributed by atoms with Gasteiger partial charge < -0.3 is 14.2 Å². The fourth-order valence-electron chi connectivity index (χ4n) is 2.21. The summed E-state index contributed by atoms with van der Waals surface area (Å²) in [7, 11) is 0. The van der Waals surface area contributed by atoms with Crippen LogP contribution in [0.1, 0.15) is 22.8 Å². The van der Waals surface area contributed by atoms with Crippen molar-refractivity contribution in [3.8, 4) is 11.5 Å². The molecule has 0 radical (unpaired) electrons. The van der Waals surface area contributed by atoms with Crippen molar-refractivity contribution in [2.75, 3.05) is 12.1 Å². The van der Waals surface area contributed by atoms with E-state index < -0.39 is 6.09 Å². The molecule has 1 aliphatic rings. The first kappa shape index (κ1) is 14.9. The van der Waals surface area contributed by atoms with E-state index in [-0.39, 0.29) is 19.2 Å². The van der Waals surface area contributed by atoms with Gasteiger partial charge in [0.1, 0.15) is 6.61 Å². The molecule has 1 N–H and O–H groups in total. The van der Waals surface area contributed by atoms with Gasteiger partial charge in [-0.25, -0.2) is 4.79 Å². The van der Waals surface area contributed by atoms with Crippen LogP contribution in [0.3, 0.4) is 0 Å². The molecule has 2 aromatic carbocycles. The van der Waals surface area contributed by atoms with E-state index in [0.717, 1.165) is 5.56 Å². The number of nitrogens with one attached hydrogen (secondary N) is 1. The van der Waals surface area contributed by atoms with E-state index in [1.807, 2.05) is 30.3 Å². The highest BCUT2D eigenvalue weighted by Crippen LogP contribution is 2.37. The van der Waals surface area contributed by atoms with E-state index in [0.29, 0.717) is 22.7 Å². The number of anilines is 1. The Bertz CT molecular complexity index is 742. The monoisotopic (exact) mass is 313 g/mol. The highest BCUT2D eigenvalue weighted by Gasteiger charge is 2.20. The molecule has 2 aromatic rings. The van der Waals surface area contributed by atoms with Gasteiger partial charge in [0.05, 0.1) is 5.69 Å². The first-order valence-corrected chi connectivity index (χ1v) is 7.06. The summed E-state index contributed by atoms with van der Waals surface area (Å²) in [5.41, 5.74) is 1.55. The third-order valence-electron chi connectivity index (χ3n) is 3.34. The predicted molar refractivity (Wildman–Crippen MR) is 82.8 cm³/mol. The molecule has 0 saturated carbocycles. The molecular formula is C17H15NO5. The molecular weight excluding hydrogens is 298 g/mol. The zero-order chi connectivity index (χ0) is 16.2. The van der Waals surface area contributed by atoms with Crippen LogP contribution in [-0.2, 0) is 11.3 Å². The van der Waals surface area contributed by atoms with Gasteiger partial charge in [0, 0.05) is 11.6 Å². The lowest BCUT2D eigenvalue weighted by Gasteiger charge is -2.11. The van der Waals surface area contributed by atoms with Crippen molar-refractivity contribution in [3.05, 3.63) is 53.6 Å². The van der Waals surface area contributed by atoms with Gasteiger partial charge >= 0.3 is 6.09 Å². The summed E-state index contributed by atoms with van der Waals surface area (Å²) in [6.45, 7) is 1.65. The van der Waals surface area contributed by atoms with Crippen molar-refractivity contribution < 1.29 is 23.8 Å². The van der Waals surface area contributed by atoms with Crippen LogP contribution in [0, 0.1) is 0 Å². The van der Waals surface area contributed by atoms with Crippen molar-refractivity contribution in [3.63, 3.8) is 0 Å². The average Bonchev–Trinajstić information content (AvgIpc) is 3.00. The molecule has 3 rings (SSSR count). The number of amides is 1. The molecule has 1 aliphatic heterocycles. The third-order valence-corrected chi connectivity index (χ3v) is 3.34. The number of fused-ring (bicyclic) bond motifs is 1. The molecule has 1 amide bonds. The van der Waals surface area contributed by atoms with E-state index in [2.05, 4.69) is 5.32 Å². The standard InChI is InChI=1S/C17H15NO5/c1-11(19)13-7-15-16(23-10-22-15)8-14(13)18-17(20)21-9-12-5-3-2-4-6-12/h2-8H,9-10H2,1H3,(H,18,20). The van der Waals surface area contributed by atoms with Crippen LogP contribution < -0.4 is 14.8 Å². The summed E-state index contributed by atoms with van der Waals surface area (Å²) in [6.07, 6.45) is -0.643. The highest BCUT2D eigenvalue weighted by molar-refractivity contribution is 6.03. The van der Waals surface area contributed by atoms with Gasteiger partial charge in [-0.05, 0) is 18.6 Å². The first-order chi connectivity index (χ1) is 11.1. The van der Waals surface area contributed by atoms with E-state index in [1.54, 1.807) is 12.1 Å². The largest absolute Gasteiger partial charge is 0.454 e. The molecule has 6 heteroatoms. The number of Topliss-reactive ketones (excluding diaryl/α,β-unsaturated/α-hetero) is 1. The molecule has 0 bridgehead atoms. The van der Waals surface area contributed by atoms with Gasteiger partial charge in [-0.1, -0.05) is 30.3 Å². The molecule has 0 spiro atoms. The van der Waals surface area contributed by atoms with Crippen LogP contribution in [0.5, 0.6) is 11.5 Å². The van der Waals surface area contributed by atoms with Gasteiger partial charge in [0.25, 0.3) is 0 Å². The van der Waals surface area contributed by atoms with Crippen molar-refractivity contribution in [2.45, 2.75) is 13.5 Å². The number of carbonyl (C=O) groups excluding carboxylic acids is 2.